The van der Waals surface area contributed by atoms with Crippen LogP contribution in [0, 0.1) is 0 Å². The first-order valence-electron chi connectivity index (χ1n) is 7.58. The number of alkyl halides is 3. The summed E-state index contributed by atoms with van der Waals surface area (Å²) in [4.78, 5) is 5.92. The van der Waals surface area contributed by atoms with Gasteiger partial charge < -0.3 is 10.2 Å². The van der Waals surface area contributed by atoms with E-state index < -0.39 is 11.7 Å². The summed E-state index contributed by atoms with van der Waals surface area (Å²) in [6.45, 7) is 1.57. The molecule has 2 fully saturated rings. The highest BCUT2D eigenvalue weighted by Gasteiger charge is 2.39. The molecule has 6 heteroatoms. The molecule has 1 aliphatic carbocycles. The average Bonchev–Trinajstić information content (AvgIpc) is 3.30. The largest absolute Gasteiger partial charge is 0.419 e. The third-order valence-corrected chi connectivity index (χ3v) is 4.18. The monoisotopic (exact) mass is 299 g/mol. The molecule has 1 aromatic rings. The van der Waals surface area contributed by atoms with E-state index in [1.807, 2.05) is 4.90 Å². The normalized spacial score (nSPS) is 23.1. The van der Waals surface area contributed by atoms with E-state index in [0.717, 1.165) is 44.7 Å². The van der Waals surface area contributed by atoms with Gasteiger partial charge >= 0.3 is 6.18 Å². The Bertz CT molecular complexity index is 479. The van der Waals surface area contributed by atoms with E-state index in [1.165, 1.54) is 12.3 Å². The molecule has 1 aliphatic heterocycles. The van der Waals surface area contributed by atoms with Crippen LogP contribution in [0.25, 0.3) is 0 Å². The SMILES string of the molecule is FC(F)(F)c1cccnc1N(CC1CCCCN1)C1CC1. The highest BCUT2D eigenvalue weighted by Crippen LogP contribution is 2.39. The van der Waals surface area contributed by atoms with Crippen molar-refractivity contribution in [1.29, 1.82) is 0 Å². The van der Waals surface area contributed by atoms with Crippen LogP contribution in [0.2, 0.25) is 0 Å². The van der Waals surface area contributed by atoms with Crippen LogP contribution in [0.15, 0.2) is 18.3 Å². The molecule has 3 nitrogen and oxygen atoms in total. The van der Waals surface area contributed by atoms with Crippen molar-refractivity contribution in [3.63, 3.8) is 0 Å². The predicted octanol–water partition coefficient (Wildman–Crippen LogP) is 3.21. The molecule has 1 unspecified atom stereocenters. The van der Waals surface area contributed by atoms with E-state index in [4.69, 9.17) is 0 Å². The Morgan fingerprint density at radius 1 is 1.24 bits per heavy atom. The smallest absolute Gasteiger partial charge is 0.352 e. The highest BCUT2D eigenvalue weighted by atomic mass is 19.4. The zero-order valence-corrected chi connectivity index (χ0v) is 11.9. The van der Waals surface area contributed by atoms with Gasteiger partial charge in [-0.25, -0.2) is 4.98 Å². The lowest BCUT2D eigenvalue weighted by Gasteiger charge is -2.32. The Balaban J connectivity index is 1.84. The van der Waals surface area contributed by atoms with E-state index >= 15 is 0 Å². The number of piperidine rings is 1. The van der Waals surface area contributed by atoms with Crippen molar-refractivity contribution in [3.05, 3.63) is 23.9 Å². The molecule has 3 rings (SSSR count). The van der Waals surface area contributed by atoms with E-state index in [1.54, 1.807) is 0 Å². The van der Waals surface area contributed by atoms with Gasteiger partial charge in [-0.05, 0) is 44.4 Å². The number of aromatic nitrogens is 1. The predicted molar refractivity (Wildman–Crippen MR) is 75.2 cm³/mol. The molecule has 2 heterocycles. The second kappa shape index (κ2) is 5.83. The molecular formula is C15H20F3N3. The fourth-order valence-corrected chi connectivity index (χ4v) is 2.96. The van der Waals surface area contributed by atoms with Crippen molar-refractivity contribution in [2.75, 3.05) is 18.0 Å². The van der Waals surface area contributed by atoms with E-state index in [9.17, 15) is 13.2 Å². The molecule has 1 saturated heterocycles. The highest BCUT2D eigenvalue weighted by molar-refractivity contribution is 5.50. The van der Waals surface area contributed by atoms with Gasteiger partial charge in [0.05, 0.1) is 5.56 Å². The Morgan fingerprint density at radius 3 is 2.67 bits per heavy atom. The van der Waals surface area contributed by atoms with Crippen molar-refractivity contribution in [1.82, 2.24) is 10.3 Å². The minimum atomic E-state index is -4.35. The van der Waals surface area contributed by atoms with Gasteiger partial charge in [0.2, 0.25) is 0 Å². The minimum Gasteiger partial charge on any atom is -0.352 e. The fraction of sp³-hybridized carbons (Fsp3) is 0.667. The summed E-state index contributed by atoms with van der Waals surface area (Å²) in [6.07, 6.45) is 2.34. The quantitative estimate of drug-likeness (QED) is 0.925. The van der Waals surface area contributed by atoms with Crippen LogP contribution >= 0.6 is 0 Å². The number of rotatable bonds is 4. The van der Waals surface area contributed by atoms with Crippen LogP contribution in [-0.4, -0.2) is 30.2 Å². The number of halogens is 3. The maximum absolute atomic E-state index is 13.2. The maximum Gasteiger partial charge on any atom is 0.419 e. The summed E-state index contributed by atoms with van der Waals surface area (Å²) >= 11 is 0. The van der Waals surface area contributed by atoms with Gasteiger partial charge in [-0.1, -0.05) is 6.42 Å². The molecule has 2 aliphatic rings. The number of nitrogens with one attached hydrogen (secondary N) is 1. The number of anilines is 1. The van der Waals surface area contributed by atoms with Crippen LogP contribution in [0.4, 0.5) is 19.0 Å². The first kappa shape index (κ1) is 14.6. The van der Waals surface area contributed by atoms with Crippen molar-refractivity contribution >= 4 is 5.82 Å². The topological polar surface area (TPSA) is 28.2 Å². The summed E-state index contributed by atoms with van der Waals surface area (Å²) in [5.41, 5.74) is -0.618. The molecule has 1 atom stereocenters. The second-order valence-electron chi connectivity index (χ2n) is 5.90. The molecule has 0 radical (unpaired) electrons. The van der Waals surface area contributed by atoms with E-state index in [2.05, 4.69) is 10.3 Å². The Kier molecular flexibility index (Phi) is 4.06. The van der Waals surface area contributed by atoms with Crippen LogP contribution in [0.3, 0.4) is 0 Å². The summed E-state index contributed by atoms with van der Waals surface area (Å²) in [6, 6.07) is 2.97. The third kappa shape index (κ3) is 3.48. The molecular weight excluding hydrogens is 279 g/mol. The zero-order valence-electron chi connectivity index (χ0n) is 11.9. The molecule has 1 N–H and O–H groups in total. The number of hydrogen-bond acceptors (Lipinski definition) is 3. The minimum absolute atomic E-state index is 0.0971. The Labute approximate surface area is 122 Å². The average molecular weight is 299 g/mol. The molecule has 1 saturated carbocycles. The lowest BCUT2D eigenvalue weighted by Crippen LogP contribution is -2.45. The first-order valence-corrected chi connectivity index (χ1v) is 7.58. The summed E-state index contributed by atoms with van der Waals surface area (Å²) in [7, 11) is 0. The molecule has 0 bridgehead atoms. The van der Waals surface area contributed by atoms with Crippen molar-refractivity contribution in [3.8, 4) is 0 Å². The molecule has 0 aromatic carbocycles. The van der Waals surface area contributed by atoms with Gasteiger partial charge in [0.25, 0.3) is 0 Å². The lowest BCUT2D eigenvalue weighted by molar-refractivity contribution is -0.137. The van der Waals surface area contributed by atoms with Crippen molar-refractivity contribution < 1.29 is 13.2 Å². The van der Waals surface area contributed by atoms with Crippen LogP contribution in [0.5, 0.6) is 0 Å². The molecule has 0 spiro atoms. The Morgan fingerprint density at radius 2 is 2.05 bits per heavy atom. The fourth-order valence-electron chi connectivity index (χ4n) is 2.96. The molecule has 1 aromatic heterocycles. The number of pyridine rings is 1. The van der Waals surface area contributed by atoms with Crippen LogP contribution in [0.1, 0.15) is 37.7 Å². The lowest BCUT2D eigenvalue weighted by atomic mass is 10.0. The second-order valence-corrected chi connectivity index (χ2v) is 5.90. The number of nitrogens with zero attached hydrogens (tertiary/aromatic N) is 2. The summed E-state index contributed by atoms with van der Waals surface area (Å²) in [5, 5.41) is 3.41. The third-order valence-electron chi connectivity index (χ3n) is 4.18. The van der Waals surface area contributed by atoms with Crippen molar-refractivity contribution in [2.24, 2.45) is 0 Å². The van der Waals surface area contributed by atoms with Gasteiger partial charge in [-0.2, -0.15) is 13.2 Å². The number of hydrogen-bond donors (Lipinski definition) is 1. The van der Waals surface area contributed by atoms with Crippen LogP contribution in [-0.2, 0) is 6.18 Å². The van der Waals surface area contributed by atoms with Gasteiger partial charge in [0.1, 0.15) is 5.82 Å². The van der Waals surface area contributed by atoms with Gasteiger partial charge in [0.15, 0.2) is 0 Å². The summed E-state index contributed by atoms with van der Waals surface area (Å²) in [5.74, 6) is 0.0971. The van der Waals surface area contributed by atoms with Crippen molar-refractivity contribution in [2.45, 2.75) is 50.4 Å². The van der Waals surface area contributed by atoms with E-state index in [0.29, 0.717) is 6.54 Å². The van der Waals surface area contributed by atoms with E-state index in [-0.39, 0.29) is 17.9 Å². The molecule has 0 amide bonds. The molecule has 21 heavy (non-hydrogen) atoms. The van der Waals surface area contributed by atoms with Gasteiger partial charge in [0, 0.05) is 24.8 Å². The summed E-state index contributed by atoms with van der Waals surface area (Å²) < 4.78 is 39.6. The zero-order chi connectivity index (χ0) is 14.9. The first-order chi connectivity index (χ1) is 10.1. The Hall–Kier alpha value is -1.30. The van der Waals surface area contributed by atoms with Gasteiger partial charge in [-0.3, -0.25) is 0 Å². The van der Waals surface area contributed by atoms with Crippen LogP contribution < -0.4 is 10.2 Å². The molecule has 116 valence electrons. The maximum atomic E-state index is 13.2. The standard InChI is InChI=1S/C15H20F3N3/c16-15(17,18)13-5-3-9-20-14(13)21(12-6-7-12)10-11-4-1-2-8-19-11/h3,5,9,11-12,19H,1-2,4,6-8,10H2. The van der Waals surface area contributed by atoms with Gasteiger partial charge in [-0.15, -0.1) is 0 Å².